The molecule has 0 spiro atoms. The van der Waals surface area contributed by atoms with Crippen molar-refractivity contribution >= 4 is 29.5 Å². The largest absolute Gasteiger partial charge is 0.481 e. The van der Waals surface area contributed by atoms with E-state index in [4.69, 9.17) is 0 Å². The predicted octanol–water partition coefficient (Wildman–Crippen LogP) is 1.19. The molecule has 0 saturated carbocycles. The number of allylic oxidation sites excluding steroid dienone is 2. The number of aromatic carboxylic acids is 1. The molecular weight excluding hydrogens is 320 g/mol. The molecule has 124 valence electrons. The van der Waals surface area contributed by atoms with Crippen LogP contribution in [0.4, 0.5) is 0 Å². The molecule has 4 N–H and O–H groups in total. The second kappa shape index (κ2) is 5.99. The van der Waals surface area contributed by atoms with Crippen LogP contribution >= 0.6 is 0 Å². The minimum absolute atomic E-state index is 0.00954. The van der Waals surface area contributed by atoms with Crippen LogP contribution in [-0.4, -0.2) is 44.3 Å². The van der Waals surface area contributed by atoms with Gasteiger partial charge in [-0.3, -0.25) is 14.4 Å². The van der Waals surface area contributed by atoms with Crippen LogP contribution in [0.25, 0.3) is 5.57 Å². The molecule has 0 amide bonds. The molecule has 1 aliphatic rings. The highest BCUT2D eigenvalue weighted by Gasteiger charge is 2.55. The molecule has 1 aromatic carbocycles. The number of hydrogen-bond donors (Lipinski definition) is 4. The molecule has 2 rings (SSSR count). The van der Waals surface area contributed by atoms with E-state index in [1.165, 1.54) is 30.3 Å². The molecule has 1 atom stereocenters. The molecule has 0 aliphatic heterocycles. The van der Waals surface area contributed by atoms with E-state index < -0.39 is 35.2 Å². The average Bonchev–Trinajstić information content (AvgIpc) is 2.53. The van der Waals surface area contributed by atoms with E-state index in [0.29, 0.717) is 0 Å². The Hall–Kier alpha value is -3.42. The molecule has 0 heterocycles. The van der Waals surface area contributed by atoms with Crippen LogP contribution in [0.1, 0.15) is 15.9 Å². The summed E-state index contributed by atoms with van der Waals surface area (Å²) in [7, 11) is 0. The summed E-state index contributed by atoms with van der Waals surface area (Å²) in [6.45, 7) is 0. The van der Waals surface area contributed by atoms with E-state index in [-0.39, 0.29) is 16.7 Å². The van der Waals surface area contributed by atoms with Crippen molar-refractivity contribution in [1.29, 1.82) is 0 Å². The van der Waals surface area contributed by atoms with Crippen molar-refractivity contribution in [3.05, 3.63) is 53.6 Å². The first-order valence-corrected chi connectivity index (χ1v) is 6.65. The summed E-state index contributed by atoms with van der Waals surface area (Å²) in [5, 5.41) is 37.1. The Morgan fingerprint density at radius 2 is 1.50 bits per heavy atom. The van der Waals surface area contributed by atoms with Gasteiger partial charge in [-0.05, 0) is 23.3 Å². The van der Waals surface area contributed by atoms with E-state index in [2.05, 4.69) is 0 Å². The van der Waals surface area contributed by atoms with E-state index in [1.807, 2.05) is 0 Å². The van der Waals surface area contributed by atoms with E-state index in [0.717, 1.165) is 12.2 Å². The molecule has 1 aliphatic carbocycles. The zero-order valence-corrected chi connectivity index (χ0v) is 12.0. The Morgan fingerprint density at radius 1 is 0.917 bits per heavy atom. The van der Waals surface area contributed by atoms with Crippen LogP contribution < -0.4 is 0 Å². The number of aliphatic carboxylic acids is 3. The lowest BCUT2D eigenvalue weighted by Gasteiger charge is -2.29. The second-order valence-electron chi connectivity index (χ2n) is 5.10. The van der Waals surface area contributed by atoms with Crippen molar-refractivity contribution in [3.8, 4) is 0 Å². The number of benzene rings is 1. The van der Waals surface area contributed by atoms with Gasteiger partial charge in [0.1, 0.15) is 5.92 Å². The highest BCUT2D eigenvalue weighted by atomic mass is 16.4. The third kappa shape index (κ3) is 2.54. The van der Waals surface area contributed by atoms with Crippen LogP contribution in [0.5, 0.6) is 0 Å². The summed E-state index contributed by atoms with van der Waals surface area (Å²) < 4.78 is 0. The van der Waals surface area contributed by atoms with Crippen molar-refractivity contribution in [2.75, 3.05) is 0 Å². The van der Waals surface area contributed by atoms with Gasteiger partial charge in [-0.2, -0.15) is 0 Å². The van der Waals surface area contributed by atoms with E-state index in [9.17, 15) is 39.6 Å². The molecule has 0 saturated heterocycles. The fourth-order valence-electron chi connectivity index (χ4n) is 2.58. The maximum absolute atomic E-state index is 11.6. The van der Waals surface area contributed by atoms with Gasteiger partial charge in [0.15, 0.2) is 5.41 Å². The number of rotatable bonds is 5. The lowest BCUT2D eigenvalue weighted by atomic mass is 9.70. The molecule has 0 bridgehead atoms. The predicted molar refractivity (Wildman–Crippen MR) is 79.3 cm³/mol. The Balaban J connectivity index is 2.73. The minimum Gasteiger partial charge on any atom is -0.481 e. The topological polar surface area (TPSA) is 149 Å². The van der Waals surface area contributed by atoms with Crippen LogP contribution in [0, 0.1) is 11.3 Å². The zero-order chi connectivity index (χ0) is 18.1. The quantitative estimate of drug-likeness (QED) is 0.587. The molecule has 8 heteroatoms. The molecular formula is C16H12O8. The molecule has 24 heavy (non-hydrogen) atoms. The van der Waals surface area contributed by atoms with Crippen molar-refractivity contribution in [3.63, 3.8) is 0 Å². The molecule has 1 unspecified atom stereocenters. The molecule has 8 nitrogen and oxygen atoms in total. The van der Waals surface area contributed by atoms with Crippen molar-refractivity contribution in [2.45, 2.75) is 0 Å². The highest BCUT2D eigenvalue weighted by Crippen LogP contribution is 2.40. The molecule has 1 aromatic rings. The maximum atomic E-state index is 11.6. The first kappa shape index (κ1) is 16.9. The van der Waals surface area contributed by atoms with Crippen molar-refractivity contribution in [2.24, 2.45) is 11.3 Å². The molecule has 0 aromatic heterocycles. The van der Waals surface area contributed by atoms with Gasteiger partial charge in [0.05, 0.1) is 5.56 Å². The Kier molecular flexibility index (Phi) is 4.23. The maximum Gasteiger partial charge on any atom is 0.336 e. The lowest BCUT2D eigenvalue weighted by molar-refractivity contribution is -0.169. The summed E-state index contributed by atoms with van der Waals surface area (Å²) in [5.41, 5.74) is -2.79. The van der Waals surface area contributed by atoms with Crippen LogP contribution in [0.15, 0.2) is 42.5 Å². The minimum atomic E-state index is -2.73. The van der Waals surface area contributed by atoms with Gasteiger partial charge in [-0.25, -0.2) is 4.79 Å². The standard InChI is InChI=1S/C16H12O8/c17-12(18)10-4-2-1-3-9(10)8-5-6-11(13(19)20)16(7-8,14(21)22)15(23)24/h1-7,11H,(H,17,18)(H,19,20)(H,21,22)(H,23,24). The van der Waals surface area contributed by atoms with Gasteiger partial charge < -0.3 is 20.4 Å². The highest BCUT2D eigenvalue weighted by molar-refractivity contribution is 6.08. The monoisotopic (exact) mass is 332 g/mol. The van der Waals surface area contributed by atoms with Crippen LogP contribution in [0.2, 0.25) is 0 Å². The Morgan fingerprint density at radius 3 is 2.00 bits per heavy atom. The van der Waals surface area contributed by atoms with Gasteiger partial charge in [0.2, 0.25) is 0 Å². The zero-order valence-electron chi connectivity index (χ0n) is 12.0. The summed E-state index contributed by atoms with van der Waals surface area (Å²) in [4.78, 5) is 45.8. The van der Waals surface area contributed by atoms with Crippen LogP contribution in [-0.2, 0) is 14.4 Å². The van der Waals surface area contributed by atoms with Crippen molar-refractivity contribution < 1.29 is 39.6 Å². The summed E-state index contributed by atoms with van der Waals surface area (Å²) in [5.74, 6) is -8.42. The fourth-order valence-corrected chi connectivity index (χ4v) is 2.58. The third-order valence-corrected chi connectivity index (χ3v) is 3.78. The molecule has 0 fully saturated rings. The van der Waals surface area contributed by atoms with Gasteiger partial charge >= 0.3 is 23.9 Å². The van der Waals surface area contributed by atoms with E-state index in [1.54, 1.807) is 0 Å². The summed E-state index contributed by atoms with van der Waals surface area (Å²) in [6.07, 6.45) is 2.93. The number of carbonyl (C=O) groups is 4. The average molecular weight is 332 g/mol. The second-order valence-corrected chi connectivity index (χ2v) is 5.10. The van der Waals surface area contributed by atoms with Gasteiger partial charge in [-0.15, -0.1) is 0 Å². The SMILES string of the molecule is O=C(O)c1ccccc1C1=CC(C(=O)O)(C(=O)O)C(C(=O)O)C=C1. The summed E-state index contributed by atoms with van der Waals surface area (Å²) in [6, 6.07) is 5.62. The van der Waals surface area contributed by atoms with Gasteiger partial charge in [0, 0.05) is 0 Å². The number of hydrogen-bond acceptors (Lipinski definition) is 4. The third-order valence-electron chi connectivity index (χ3n) is 3.78. The first-order valence-electron chi connectivity index (χ1n) is 6.65. The number of carboxylic acids is 4. The molecule has 0 radical (unpaired) electrons. The summed E-state index contributed by atoms with van der Waals surface area (Å²) >= 11 is 0. The normalized spacial score (nSPS) is 18.5. The Labute approximate surface area is 135 Å². The number of carboxylic acid groups (broad SMARTS) is 4. The first-order chi connectivity index (χ1) is 11.2. The van der Waals surface area contributed by atoms with Crippen molar-refractivity contribution in [1.82, 2.24) is 0 Å². The lowest BCUT2D eigenvalue weighted by Crippen LogP contribution is -2.47. The van der Waals surface area contributed by atoms with Gasteiger partial charge in [-0.1, -0.05) is 30.4 Å². The van der Waals surface area contributed by atoms with Gasteiger partial charge in [0.25, 0.3) is 0 Å². The Bertz CT molecular complexity index is 788. The smallest absolute Gasteiger partial charge is 0.336 e. The van der Waals surface area contributed by atoms with E-state index >= 15 is 0 Å². The van der Waals surface area contributed by atoms with Crippen LogP contribution in [0.3, 0.4) is 0 Å². The fraction of sp³-hybridized carbons (Fsp3) is 0.125.